The average molecular weight is 439 g/mol. The minimum Gasteiger partial charge on any atom is -0.493 e. The van der Waals surface area contributed by atoms with Gasteiger partial charge < -0.3 is 20.1 Å². The van der Waals surface area contributed by atoms with Gasteiger partial charge in [0.2, 0.25) is 5.91 Å². The summed E-state index contributed by atoms with van der Waals surface area (Å²) in [6.07, 6.45) is 1.04. The molecule has 6 nitrogen and oxygen atoms in total. The molecule has 0 spiro atoms. The molecule has 0 bridgehead atoms. The van der Waals surface area contributed by atoms with Crippen LogP contribution in [0.5, 0.6) is 11.5 Å². The van der Waals surface area contributed by atoms with E-state index in [4.69, 9.17) is 9.47 Å². The van der Waals surface area contributed by atoms with Crippen LogP contribution in [0.3, 0.4) is 0 Å². The van der Waals surface area contributed by atoms with Gasteiger partial charge in [0.25, 0.3) is 5.91 Å². The number of amides is 2. The summed E-state index contributed by atoms with van der Waals surface area (Å²) in [5.74, 6) is 0.853. The molecule has 2 N–H and O–H groups in total. The lowest BCUT2D eigenvalue weighted by Crippen LogP contribution is -2.48. The first-order valence-electron chi connectivity index (χ1n) is 9.97. The van der Waals surface area contributed by atoms with Crippen LogP contribution < -0.4 is 20.1 Å². The first-order valence-corrected chi connectivity index (χ1v) is 10.9. The van der Waals surface area contributed by atoms with Gasteiger partial charge in [0, 0.05) is 13.0 Å². The molecule has 7 heteroatoms. The molecular formula is C24H26N2O4S. The van der Waals surface area contributed by atoms with Gasteiger partial charge in [-0.25, -0.2) is 0 Å². The normalized spacial score (nSPS) is 11.4. The minimum absolute atomic E-state index is 0.214. The molecule has 162 valence electrons. The molecule has 1 heterocycles. The number of rotatable bonds is 10. The van der Waals surface area contributed by atoms with E-state index in [0.717, 1.165) is 11.1 Å². The van der Waals surface area contributed by atoms with Gasteiger partial charge in [-0.15, -0.1) is 11.3 Å². The Kier molecular flexibility index (Phi) is 8.06. The number of ether oxygens (including phenoxy) is 2. The van der Waals surface area contributed by atoms with Gasteiger partial charge in [-0.1, -0.05) is 42.5 Å². The van der Waals surface area contributed by atoms with Crippen LogP contribution in [0.2, 0.25) is 0 Å². The fourth-order valence-electron chi connectivity index (χ4n) is 3.19. The van der Waals surface area contributed by atoms with Crippen molar-refractivity contribution in [3.8, 4) is 11.5 Å². The van der Waals surface area contributed by atoms with Crippen molar-refractivity contribution < 1.29 is 19.1 Å². The number of benzene rings is 2. The van der Waals surface area contributed by atoms with Crippen LogP contribution in [0, 0.1) is 0 Å². The molecule has 0 aliphatic rings. The van der Waals surface area contributed by atoms with Crippen LogP contribution in [0.4, 0.5) is 0 Å². The third kappa shape index (κ3) is 6.33. The Morgan fingerprint density at radius 1 is 0.935 bits per heavy atom. The molecule has 0 unspecified atom stereocenters. The molecule has 0 fully saturated rings. The highest BCUT2D eigenvalue weighted by Crippen LogP contribution is 2.27. The van der Waals surface area contributed by atoms with Gasteiger partial charge >= 0.3 is 0 Å². The van der Waals surface area contributed by atoms with Crippen LogP contribution in [-0.2, 0) is 17.6 Å². The maximum absolute atomic E-state index is 12.9. The largest absolute Gasteiger partial charge is 0.493 e. The van der Waals surface area contributed by atoms with Gasteiger partial charge in [0.1, 0.15) is 6.04 Å². The molecular weight excluding hydrogens is 412 g/mol. The Balaban J connectivity index is 1.63. The minimum atomic E-state index is -0.664. The van der Waals surface area contributed by atoms with E-state index in [1.165, 1.54) is 11.3 Å². The smallest absolute Gasteiger partial charge is 0.262 e. The molecule has 2 aromatic carbocycles. The molecule has 1 aromatic heterocycles. The summed E-state index contributed by atoms with van der Waals surface area (Å²) in [6, 6.07) is 18.2. The summed E-state index contributed by atoms with van der Waals surface area (Å²) in [6.45, 7) is 0.439. The fourth-order valence-corrected chi connectivity index (χ4v) is 3.81. The van der Waals surface area contributed by atoms with Crippen LogP contribution in [-0.4, -0.2) is 38.6 Å². The van der Waals surface area contributed by atoms with Crippen LogP contribution in [0.15, 0.2) is 66.0 Å². The number of thiophene rings is 1. The van der Waals surface area contributed by atoms with Crippen molar-refractivity contribution in [1.82, 2.24) is 10.6 Å². The molecule has 0 saturated heterocycles. The lowest BCUT2D eigenvalue weighted by molar-refractivity contribution is -0.122. The zero-order valence-electron chi connectivity index (χ0n) is 17.6. The molecule has 0 aliphatic heterocycles. The Morgan fingerprint density at radius 2 is 1.71 bits per heavy atom. The second-order valence-corrected chi connectivity index (χ2v) is 7.87. The van der Waals surface area contributed by atoms with Crippen molar-refractivity contribution in [2.75, 3.05) is 20.8 Å². The average Bonchev–Trinajstić information content (AvgIpc) is 3.34. The van der Waals surface area contributed by atoms with E-state index < -0.39 is 6.04 Å². The Bertz CT molecular complexity index is 990. The lowest BCUT2D eigenvalue weighted by atomic mass is 10.0. The topological polar surface area (TPSA) is 76.7 Å². The number of carbonyl (C=O) groups is 2. The molecule has 3 rings (SSSR count). The number of hydrogen-bond donors (Lipinski definition) is 2. The standard InChI is InChI=1S/C24H26N2O4S/c1-29-20-11-10-18(16-21(20)30-2)12-13-25-23(27)19(15-17-7-4-3-5-8-17)26-24(28)22-9-6-14-31-22/h3-11,14,16,19H,12-13,15H2,1-2H3,(H,25,27)(H,26,28)/t19-/m0/s1. The third-order valence-electron chi connectivity index (χ3n) is 4.81. The van der Waals surface area contributed by atoms with Crippen LogP contribution >= 0.6 is 11.3 Å². The summed E-state index contributed by atoms with van der Waals surface area (Å²) in [5, 5.41) is 7.66. The molecule has 0 saturated carbocycles. The zero-order valence-corrected chi connectivity index (χ0v) is 18.4. The van der Waals surface area contributed by atoms with Gasteiger partial charge in [0.05, 0.1) is 19.1 Å². The van der Waals surface area contributed by atoms with E-state index in [1.54, 1.807) is 20.3 Å². The summed E-state index contributed by atoms with van der Waals surface area (Å²) < 4.78 is 10.6. The van der Waals surface area contributed by atoms with Crippen molar-refractivity contribution in [2.45, 2.75) is 18.9 Å². The molecule has 1 atom stereocenters. The summed E-state index contributed by atoms with van der Waals surface area (Å²) >= 11 is 1.35. The van der Waals surface area contributed by atoms with E-state index in [9.17, 15) is 9.59 Å². The van der Waals surface area contributed by atoms with E-state index in [2.05, 4.69) is 10.6 Å². The third-order valence-corrected chi connectivity index (χ3v) is 5.68. The van der Waals surface area contributed by atoms with E-state index in [0.29, 0.717) is 35.8 Å². The zero-order chi connectivity index (χ0) is 22.1. The predicted molar refractivity (Wildman–Crippen MR) is 122 cm³/mol. The lowest BCUT2D eigenvalue weighted by Gasteiger charge is -2.18. The summed E-state index contributed by atoms with van der Waals surface area (Å²) in [4.78, 5) is 26.0. The maximum Gasteiger partial charge on any atom is 0.262 e. The van der Waals surface area contributed by atoms with Gasteiger partial charge in [-0.2, -0.15) is 0 Å². The highest BCUT2D eigenvalue weighted by atomic mass is 32.1. The van der Waals surface area contributed by atoms with Crippen molar-refractivity contribution in [1.29, 1.82) is 0 Å². The predicted octanol–water partition coefficient (Wildman–Crippen LogP) is 3.47. The van der Waals surface area contributed by atoms with Gasteiger partial charge in [-0.05, 0) is 41.1 Å². The van der Waals surface area contributed by atoms with E-state index in [-0.39, 0.29) is 11.8 Å². The first-order chi connectivity index (χ1) is 15.1. The molecule has 0 radical (unpaired) electrons. The number of nitrogens with one attached hydrogen (secondary N) is 2. The first kappa shape index (κ1) is 22.4. The van der Waals surface area contributed by atoms with Crippen molar-refractivity contribution in [3.63, 3.8) is 0 Å². The maximum atomic E-state index is 12.9. The summed E-state index contributed by atoms with van der Waals surface area (Å²) in [7, 11) is 3.18. The molecule has 31 heavy (non-hydrogen) atoms. The van der Waals surface area contributed by atoms with E-state index in [1.807, 2.05) is 60.0 Å². The Hall–Kier alpha value is -3.32. The molecule has 2 amide bonds. The van der Waals surface area contributed by atoms with Crippen molar-refractivity contribution in [3.05, 3.63) is 82.0 Å². The van der Waals surface area contributed by atoms with Gasteiger partial charge in [-0.3, -0.25) is 9.59 Å². The fraction of sp³-hybridized carbons (Fsp3) is 0.250. The quantitative estimate of drug-likeness (QED) is 0.508. The highest BCUT2D eigenvalue weighted by molar-refractivity contribution is 7.12. The molecule has 0 aliphatic carbocycles. The second kappa shape index (κ2) is 11.2. The van der Waals surface area contributed by atoms with E-state index >= 15 is 0 Å². The number of carbonyl (C=O) groups excluding carboxylic acids is 2. The second-order valence-electron chi connectivity index (χ2n) is 6.92. The monoisotopic (exact) mass is 438 g/mol. The number of hydrogen-bond acceptors (Lipinski definition) is 5. The van der Waals surface area contributed by atoms with Crippen LogP contribution in [0.1, 0.15) is 20.8 Å². The summed E-state index contributed by atoms with van der Waals surface area (Å²) in [5.41, 5.74) is 1.99. The Morgan fingerprint density at radius 3 is 2.39 bits per heavy atom. The highest BCUT2D eigenvalue weighted by Gasteiger charge is 2.22. The Labute approximate surface area is 186 Å². The number of methoxy groups -OCH3 is 2. The van der Waals surface area contributed by atoms with Crippen LogP contribution in [0.25, 0.3) is 0 Å². The van der Waals surface area contributed by atoms with Crippen molar-refractivity contribution >= 4 is 23.2 Å². The van der Waals surface area contributed by atoms with Gasteiger partial charge in [0.15, 0.2) is 11.5 Å². The molecule has 3 aromatic rings. The van der Waals surface area contributed by atoms with Crippen molar-refractivity contribution in [2.24, 2.45) is 0 Å². The SMILES string of the molecule is COc1ccc(CCNC(=O)[C@H](Cc2ccccc2)NC(=O)c2cccs2)cc1OC.